The summed E-state index contributed by atoms with van der Waals surface area (Å²) in [7, 11) is 0. The molecule has 1 aromatic rings. The number of hydrogen-bond donors (Lipinski definition) is 1. The number of nitrogens with zero attached hydrogens (tertiary/aromatic N) is 2. The van der Waals surface area contributed by atoms with Gasteiger partial charge in [-0.2, -0.15) is 0 Å². The van der Waals surface area contributed by atoms with Crippen LogP contribution >= 0.6 is 11.3 Å². The van der Waals surface area contributed by atoms with Gasteiger partial charge in [0.15, 0.2) is 0 Å². The van der Waals surface area contributed by atoms with E-state index in [1.54, 1.807) is 6.20 Å². The van der Waals surface area contributed by atoms with Crippen molar-refractivity contribution in [3.8, 4) is 0 Å². The van der Waals surface area contributed by atoms with Crippen LogP contribution in [0.1, 0.15) is 21.1 Å². The predicted octanol–water partition coefficient (Wildman–Crippen LogP) is 0.887. The van der Waals surface area contributed by atoms with Gasteiger partial charge in [-0.05, 0) is 19.9 Å². The van der Waals surface area contributed by atoms with Crippen molar-refractivity contribution in [3.63, 3.8) is 0 Å². The van der Waals surface area contributed by atoms with Gasteiger partial charge in [0.05, 0.1) is 11.2 Å². The van der Waals surface area contributed by atoms with Crippen molar-refractivity contribution in [3.05, 3.63) is 16.1 Å². The van der Waals surface area contributed by atoms with Crippen molar-refractivity contribution in [1.29, 1.82) is 0 Å². The van der Waals surface area contributed by atoms with Crippen molar-refractivity contribution in [2.24, 2.45) is 0 Å². The highest BCUT2D eigenvalue weighted by Gasteiger charge is 2.18. The van der Waals surface area contributed by atoms with Gasteiger partial charge in [-0.25, -0.2) is 4.98 Å². The second-order valence-corrected chi connectivity index (χ2v) is 4.87. The van der Waals surface area contributed by atoms with E-state index in [-0.39, 0.29) is 5.91 Å². The number of nitrogens with one attached hydrogen (secondary N) is 1. The van der Waals surface area contributed by atoms with E-state index in [1.807, 2.05) is 11.8 Å². The molecule has 1 saturated heterocycles. The molecule has 1 aliphatic heterocycles. The fourth-order valence-electron chi connectivity index (χ4n) is 1.66. The molecule has 15 heavy (non-hydrogen) atoms. The second kappa shape index (κ2) is 4.72. The van der Waals surface area contributed by atoms with E-state index < -0.39 is 0 Å². The van der Waals surface area contributed by atoms with Gasteiger partial charge in [-0.15, -0.1) is 11.3 Å². The average Bonchev–Trinajstić information content (AvgIpc) is 2.53. The van der Waals surface area contributed by atoms with Crippen LogP contribution in [0.4, 0.5) is 0 Å². The van der Waals surface area contributed by atoms with Crippen molar-refractivity contribution in [1.82, 2.24) is 15.2 Å². The van der Waals surface area contributed by atoms with Gasteiger partial charge in [0, 0.05) is 19.6 Å². The number of carbonyl (C=O) groups excluding carboxylic acids is 1. The number of amides is 1. The summed E-state index contributed by atoms with van der Waals surface area (Å²) in [4.78, 5) is 18.8. The predicted molar refractivity (Wildman–Crippen MR) is 60.2 cm³/mol. The summed E-state index contributed by atoms with van der Waals surface area (Å²) >= 11 is 1.47. The molecule has 0 aromatic carbocycles. The topological polar surface area (TPSA) is 45.2 Å². The average molecular weight is 225 g/mol. The van der Waals surface area contributed by atoms with Crippen LogP contribution < -0.4 is 5.32 Å². The molecule has 1 N–H and O–H groups in total. The Hall–Kier alpha value is -0.940. The van der Waals surface area contributed by atoms with Crippen LogP contribution in [0.5, 0.6) is 0 Å². The molecule has 1 amide bonds. The summed E-state index contributed by atoms with van der Waals surface area (Å²) in [5.74, 6) is 0.129. The number of hydrogen-bond acceptors (Lipinski definition) is 4. The lowest BCUT2D eigenvalue weighted by Gasteiger charge is -2.18. The molecule has 0 aliphatic carbocycles. The maximum absolute atomic E-state index is 12.0. The van der Waals surface area contributed by atoms with Crippen LogP contribution in [-0.2, 0) is 0 Å². The third-order valence-corrected chi connectivity index (χ3v) is 3.36. The Balaban J connectivity index is 2.06. The molecule has 0 unspecified atom stereocenters. The second-order valence-electron chi connectivity index (χ2n) is 3.64. The molecular weight excluding hydrogens is 210 g/mol. The molecule has 82 valence electrons. The van der Waals surface area contributed by atoms with Gasteiger partial charge in [-0.3, -0.25) is 4.79 Å². The summed E-state index contributed by atoms with van der Waals surface area (Å²) in [6.45, 7) is 5.47. The smallest absolute Gasteiger partial charge is 0.265 e. The highest BCUT2D eigenvalue weighted by Crippen LogP contribution is 2.14. The Morgan fingerprint density at radius 2 is 2.40 bits per heavy atom. The van der Waals surface area contributed by atoms with Crippen LogP contribution in [0.15, 0.2) is 6.20 Å². The molecule has 2 heterocycles. The lowest BCUT2D eigenvalue weighted by Crippen LogP contribution is -2.33. The molecule has 0 bridgehead atoms. The first-order valence-electron chi connectivity index (χ1n) is 5.20. The fourth-order valence-corrected chi connectivity index (χ4v) is 2.41. The van der Waals surface area contributed by atoms with Crippen molar-refractivity contribution < 1.29 is 4.79 Å². The Morgan fingerprint density at radius 3 is 3.13 bits per heavy atom. The summed E-state index contributed by atoms with van der Waals surface area (Å²) in [5.41, 5.74) is 0. The first-order chi connectivity index (χ1) is 7.27. The number of thiazole rings is 1. The van der Waals surface area contributed by atoms with E-state index in [9.17, 15) is 4.79 Å². The maximum atomic E-state index is 12.0. The van der Waals surface area contributed by atoms with Crippen LogP contribution in [0.25, 0.3) is 0 Å². The standard InChI is InChI=1S/C10H15N3OS/c1-8-12-7-9(15-8)10(14)13-5-2-3-11-4-6-13/h7,11H,2-6H2,1H3. The lowest BCUT2D eigenvalue weighted by atomic mass is 10.3. The molecular formula is C10H15N3OS. The summed E-state index contributed by atoms with van der Waals surface area (Å²) in [6, 6.07) is 0. The maximum Gasteiger partial charge on any atom is 0.265 e. The Kier molecular flexibility index (Phi) is 3.33. The van der Waals surface area contributed by atoms with Crippen LogP contribution in [-0.4, -0.2) is 42.0 Å². The minimum absolute atomic E-state index is 0.129. The van der Waals surface area contributed by atoms with Gasteiger partial charge >= 0.3 is 0 Å². The Labute approximate surface area is 93.3 Å². The SMILES string of the molecule is Cc1ncc(C(=O)N2CCCNCC2)s1. The monoisotopic (exact) mass is 225 g/mol. The van der Waals surface area contributed by atoms with Gasteiger partial charge in [0.1, 0.15) is 4.88 Å². The summed E-state index contributed by atoms with van der Waals surface area (Å²) in [6.07, 6.45) is 2.71. The zero-order chi connectivity index (χ0) is 10.7. The fraction of sp³-hybridized carbons (Fsp3) is 0.600. The first kappa shape index (κ1) is 10.6. The number of aryl methyl sites for hydroxylation is 1. The van der Waals surface area contributed by atoms with E-state index in [1.165, 1.54) is 11.3 Å². The normalized spacial score (nSPS) is 17.5. The molecule has 4 nitrogen and oxygen atoms in total. The van der Waals surface area contributed by atoms with E-state index in [0.29, 0.717) is 0 Å². The van der Waals surface area contributed by atoms with Crippen LogP contribution in [0.3, 0.4) is 0 Å². The van der Waals surface area contributed by atoms with E-state index in [4.69, 9.17) is 0 Å². The van der Waals surface area contributed by atoms with E-state index in [2.05, 4.69) is 10.3 Å². The van der Waals surface area contributed by atoms with E-state index >= 15 is 0 Å². The molecule has 0 spiro atoms. The Morgan fingerprint density at radius 1 is 1.53 bits per heavy atom. The van der Waals surface area contributed by atoms with Crippen LogP contribution in [0.2, 0.25) is 0 Å². The van der Waals surface area contributed by atoms with Crippen molar-refractivity contribution >= 4 is 17.2 Å². The molecule has 0 saturated carbocycles. The lowest BCUT2D eigenvalue weighted by molar-refractivity contribution is 0.0771. The molecule has 0 radical (unpaired) electrons. The van der Waals surface area contributed by atoms with Gasteiger partial charge < -0.3 is 10.2 Å². The van der Waals surface area contributed by atoms with Crippen LogP contribution in [0, 0.1) is 6.92 Å². The molecule has 2 rings (SSSR count). The van der Waals surface area contributed by atoms with E-state index in [0.717, 1.165) is 42.5 Å². The largest absolute Gasteiger partial charge is 0.337 e. The van der Waals surface area contributed by atoms with Crippen molar-refractivity contribution in [2.75, 3.05) is 26.2 Å². The van der Waals surface area contributed by atoms with Gasteiger partial charge in [0.25, 0.3) is 5.91 Å². The highest BCUT2D eigenvalue weighted by molar-refractivity contribution is 7.13. The zero-order valence-electron chi connectivity index (χ0n) is 8.82. The molecule has 1 aromatic heterocycles. The third kappa shape index (κ3) is 2.54. The number of carbonyl (C=O) groups is 1. The highest BCUT2D eigenvalue weighted by atomic mass is 32.1. The third-order valence-electron chi connectivity index (χ3n) is 2.46. The zero-order valence-corrected chi connectivity index (χ0v) is 9.64. The molecule has 1 fully saturated rings. The molecule has 1 aliphatic rings. The minimum Gasteiger partial charge on any atom is -0.337 e. The number of aromatic nitrogens is 1. The Bertz CT molecular complexity index is 342. The minimum atomic E-state index is 0.129. The van der Waals surface area contributed by atoms with Gasteiger partial charge in [-0.1, -0.05) is 0 Å². The van der Waals surface area contributed by atoms with Gasteiger partial charge in [0.2, 0.25) is 0 Å². The first-order valence-corrected chi connectivity index (χ1v) is 6.01. The quantitative estimate of drug-likeness (QED) is 0.772. The summed E-state index contributed by atoms with van der Waals surface area (Å²) in [5, 5.41) is 4.23. The molecule has 0 atom stereocenters. The number of rotatable bonds is 1. The molecule has 5 heteroatoms. The summed E-state index contributed by atoms with van der Waals surface area (Å²) < 4.78 is 0. The van der Waals surface area contributed by atoms with Crippen molar-refractivity contribution in [2.45, 2.75) is 13.3 Å².